The lowest BCUT2D eigenvalue weighted by atomic mass is 10.0. The molecule has 17 heavy (non-hydrogen) atoms. The van der Waals surface area contributed by atoms with Gasteiger partial charge in [0.05, 0.1) is 0 Å². The summed E-state index contributed by atoms with van der Waals surface area (Å²) < 4.78 is 5.34. The molecular formula is C12H19NO3S. The zero-order valence-corrected chi connectivity index (χ0v) is 11.2. The first-order valence-corrected chi connectivity index (χ1v) is 6.86. The topological polar surface area (TPSA) is 62.5 Å². The van der Waals surface area contributed by atoms with Crippen LogP contribution in [-0.2, 0) is 0 Å². The van der Waals surface area contributed by atoms with Crippen LogP contribution in [0.3, 0.4) is 0 Å². The maximum atomic E-state index is 11.9. The molecule has 0 aromatic carbocycles. The second-order valence-electron chi connectivity index (χ2n) is 4.16. The Bertz CT molecular complexity index is 362. The van der Waals surface area contributed by atoms with E-state index in [1.54, 1.807) is 12.1 Å². The molecule has 1 heterocycles. The van der Waals surface area contributed by atoms with Crippen molar-refractivity contribution in [1.29, 1.82) is 0 Å². The number of carbonyl (C=O) groups is 1. The van der Waals surface area contributed by atoms with Crippen molar-refractivity contribution < 1.29 is 14.3 Å². The van der Waals surface area contributed by atoms with Crippen LogP contribution in [0.2, 0.25) is 0 Å². The zero-order valence-electron chi connectivity index (χ0n) is 10.4. The zero-order chi connectivity index (χ0) is 12.8. The van der Waals surface area contributed by atoms with Crippen molar-refractivity contribution in [2.24, 2.45) is 5.92 Å². The number of aliphatic hydroxyl groups is 1. The molecule has 0 aliphatic carbocycles. The summed E-state index contributed by atoms with van der Waals surface area (Å²) >= 11 is 1.46. The summed E-state index contributed by atoms with van der Waals surface area (Å²) in [5.41, 5.74) is 0. The molecule has 0 aliphatic rings. The lowest BCUT2D eigenvalue weighted by Gasteiger charge is -2.20. The summed E-state index contributed by atoms with van der Waals surface area (Å²) in [6.45, 7) is 4.09. The predicted molar refractivity (Wildman–Crippen MR) is 68.3 cm³/mol. The molecule has 0 aliphatic heterocycles. The van der Waals surface area contributed by atoms with Crippen molar-refractivity contribution >= 4 is 17.7 Å². The molecule has 1 aromatic rings. The summed E-state index contributed by atoms with van der Waals surface area (Å²) in [7, 11) is 0. The number of thioether (sulfide) groups is 1. The number of carbonyl (C=O) groups excluding carboxylic acids is 1. The predicted octanol–water partition coefficient (Wildman–Crippen LogP) is 2.14. The van der Waals surface area contributed by atoms with Crippen LogP contribution < -0.4 is 5.32 Å². The second-order valence-corrected chi connectivity index (χ2v) is 4.97. The highest BCUT2D eigenvalue weighted by atomic mass is 32.2. The lowest BCUT2D eigenvalue weighted by Crippen LogP contribution is -2.39. The Morgan fingerprint density at radius 3 is 2.71 bits per heavy atom. The molecule has 1 amide bonds. The number of nitrogens with one attached hydrogen (secondary N) is 1. The van der Waals surface area contributed by atoms with E-state index >= 15 is 0 Å². The van der Waals surface area contributed by atoms with Gasteiger partial charge in [0, 0.05) is 12.6 Å². The molecule has 4 nitrogen and oxygen atoms in total. The van der Waals surface area contributed by atoms with Gasteiger partial charge in [-0.25, -0.2) is 0 Å². The Morgan fingerprint density at radius 2 is 2.24 bits per heavy atom. The minimum Gasteiger partial charge on any atom is -0.445 e. The molecule has 1 atom stereocenters. The van der Waals surface area contributed by atoms with E-state index in [0.717, 1.165) is 5.09 Å². The third kappa shape index (κ3) is 4.09. The molecule has 0 bridgehead atoms. The van der Waals surface area contributed by atoms with Gasteiger partial charge < -0.3 is 14.8 Å². The molecule has 1 aromatic heterocycles. The Labute approximate surface area is 106 Å². The fourth-order valence-electron chi connectivity index (χ4n) is 1.50. The van der Waals surface area contributed by atoms with Gasteiger partial charge in [-0.2, -0.15) is 0 Å². The third-order valence-corrected chi connectivity index (χ3v) is 3.19. The van der Waals surface area contributed by atoms with Gasteiger partial charge in [0.2, 0.25) is 0 Å². The van der Waals surface area contributed by atoms with Crippen LogP contribution in [0.5, 0.6) is 0 Å². The van der Waals surface area contributed by atoms with Crippen LogP contribution in [0.4, 0.5) is 0 Å². The first-order valence-electron chi connectivity index (χ1n) is 5.64. The molecule has 5 heteroatoms. The van der Waals surface area contributed by atoms with Gasteiger partial charge in [0.1, 0.15) is 0 Å². The van der Waals surface area contributed by atoms with Gasteiger partial charge in [0.15, 0.2) is 10.9 Å². The van der Waals surface area contributed by atoms with Crippen molar-refractivity contribution in [3.05, 3.63) is 17.9 Å². The molecule has 0 spiro atoms. The molecule has 0 fully saturated rings. The first-order chi connectivity index (χ1) is 8.08. The summed E-state index contributed by atoms with van der Waals surface area (Å²) in [5, 5.41) is 12.5. The summed E-state index contributed by atoms with van der Waals surface area (Å²) in [6, 6.07) is 3.41. The minimum absolute atomic E-state index is 0.0321. The highest BCUT2D eigenvalue weighted by Gasteiger charge is 2.18. The van der Waals surface area contributed by atoms with Crippen molar-refractivity contribution in [1.82, 2.24) is 5.32 Å². The van der Waals surface area contributed by atoms with E-state index in [2.05, 4.69) is 5.32 Å². The van der Waals surface area contributed by atoms with E-state index in [9.17, 15) is 4.79 Å². The van der Waals surface area contributed by atoms with E-state index in [0.29, 0.717) is 12.2 Å². The van der Waals surface area contributed by atoms with Gasteiger partial charge in [-0.1, -0.05) is 25.6 Å². The number of furan rings is 1. The molecule has 2 N–H and O–H groups in total. The number of amides is 1. The van der Waals surface area contributed by atoms with Gasteiger partial charge in [-0.3, -0.25) is 4.79 Å². The average molecular weight is 257 g/mol. The summed E-state index contributed by atoms with van der Waals surface area (Å²) in [5.74, 6) is 0.372. The number of rotatable bonds is 6. The van der Waals surface area contributed by atoms with E-state index in [1.165, 1.54) is 11.8 Å². The highest BCUT2D eigenvalue weighted by Crippen LogP contribution is 2.18. The van der Waals surface area contributed by atoms with Crippen LogP contribution in [0.15, 0.2) is 21.6 Å². The molecule has 1 rings (SSSR count). The maximum absolute atomic E-state index is 11.9. The van der Waals surface area contributed by atoms with Crippen LogP contribution in [0.25, 0.3) is 0 Å². The van der Waals surface area contributed by atoms with Crippen LogP contribution in [0.1, 0.15) is 30.8 Å². The Kier molecular flexibility index (Phi) is 5.58. The smallest absolute Gasteiger partial charge is 0.287 e. The standard InChI is InChI=1S/C12H19NO3S/c1-8(2)9(6-7-14)13-12(15)10-4-5-11(16-10)17-3/h4-5,8-9,14H,6-7H2,1-3H3,(H,13,15). The quantitative estimate of drug-likeness (QED) is 0.766. The monoisotopic (exact) mass is 257 g/mol. The first kappa shape index (κ1) is 14.1. The van der Waals surface area contributed by atoms with Crippen LogP contribution >= 0.6 is 11.8 Å². The van der Waals surface area contributed by atoms with Crippen molar-refractivity contribution in [2.75, 3.05) is 12.9 Å². The number of aliphatic hydroxyl groups excluding tert-OH is 1. The normalized spacial score (nSPS) is 12.8. The lowest BCUT2D eigenvalue weighted by molar-refractivity contribution is 0.0883. The second kappa shape index (κ2) is 6.71. The largest absolute Gasteiger partial charge is 0.445 e. The average Bonchev–Trinajstić information content (AvgIpc) is 2.76. The summed E-state index contributed by atoms with van der Waals surface area (Å²) in [6.07, 6.45) is 2.45. The molecule has 0 radical (unpaired) electrons. The van der Waals surface area contributed by atoms with E-state index in [4.69, 9.17) is 9.52 Å². The third-order valence-electron chi connectivity index (χ3n) is 2.57. The van der Waals surface area contributed by atoms with Crippen molar-refractivity contribution in [2.45, 2.75) is 31.4 Å². The van der Waals surface area contributed by atoms with Gasteiger partial charge in [0.25, 0.3) is 5.91 Å². The highest BCUT2D eigenvalue weighted by molar-refractivity contribution is 7.98. The summed E-state index contributed by atoms with van der Waals surface area (Å²) in [4.78, 5) is 11.9. The van der Waals surface area contributed by atoms with Gasteiger partial charge in [-0.05, 0) is 30.7 Å². The minimum atomic E-state index is -0.225. The van der Waals surface area contributed by atoms with E-state index in [1.807, 2.05) is 20.1 Å². The Hall–Kier alpha value is -0.940. The van der Waals surface area contributed by atoms with Crippen LogP contribution in [0, 0.1) is 5.92 Å². The number of hydrogen-bond donors (Lipinski definition) is 2. The molecule has 1 unspecified atom stereocenters. The number of hydrogen-bond acceptors (Lipinski definition) is 4. The fraction of sp³-hybridized carbons (Fsp3) is 0.583. The SMILES string of the molecule is CSc1ccc(C(=O)NC(CCO)C(C)C)o1. The molecular weight excluding hydrogens is 238 g/mol. The molecule has 96 valence electrons. The van der Waals surface area contributed by atoms with Crippen molar-refractivity contribution in [3.63, 3.8) is 0 Å². The maximum Gasteiger partial charge on any atom is 0.287 e. The van der Waals surface area contributed by atoms with Crippen LogP contribution in [-0.4, -0.2) is 29.9 Å². The Balaban J connectivity index is 2.63. The van der Waals surface area contributed by atoms with Gasteiger partial charge >= 0.3 is 0 Å². The van der Waals surface area contributed by atoms with E-state index < -0.39 is 0 Å². The fourth-order valence-corrected chi connectivity index (χ4v) is 1.88. The van der Waals surface area contributed by atoms with Gasteiger partial charge in [-0.15, -0.1) is 0 Å². The molecule has 0 saturated carbocycles. The van der Waals surface area contributed by atoms with E-state index in [-0.39, 0.29) is 24.5 Å². The molecule has 0 saturated heterocycles. The Morgan fingerprint density at radius 1 is 1.53 bits per heavy atom. The van der Waals surface area contributed by atoms with Crippen molar-refractivity contribution in [3.8, 4) is 0 Å².